The van der Waals surface area contributed by atoms with Crippen molar-refractivity contribution in [1.82, 2.24) is 5.32 Å². The molecule has 0 aromatic heterocycles. The molecule has 2 heteroatoms. The molecule has 0 saturated carbocycles. The van der Waals surface area contributed by atoms with Crippen LogP contribution in [-0.4, -0.2) is 5.54 Å². The number of nitrogens with one attached hydrogen (secondary N) is 1. The summed E-state index contributed by atoms with van der Waals surface area (Å²) in [7, 11) is 0. The Labute approximate surface area is 91.5 Å². The molecule has 0 unspecified atom stereocenters. The third-order valence-electron chi connectivity index (χ3n) is 2.57. The summed E-state index contributed by atoms with van der Waals surface area (Å²) < 4.78 is 0. The monoisotopic (exact) mass is 211 g/mol. The minimum absolute atomic E-state index is 0.208. The molecule has 0 aliphatic heterocycles. The number of benzene rings is 1. The summed E-state index contributed by atoms with van der Waals surface area (Å²) in [5.74, 6) is 0. The molecule has 14 heavy (non-hydrogen) atoms. The molecule has 0 amide bonds. The van der Waals surface area contributed by atoms with Gasteiger partial charge in [-0.3, -0.25) is 0 Å². The molecule has 0 atom stereocenters. The molecule has 0 radical (unpaired) electrons. The van der Waals surface area contributed by atoms with Gasteiger partial charge in [-0.1, -0.05) is 30.7 Å². The summed E-state index contributed by atoms with van der Waals surface area (Å²) in [5, 5.41) is 4.30. The van der Waals surface area contributed by atoms with E-state index in [9.17, 15) is 0 Å². The first-order valence-electron chi connectivity index (χ1n) is 5.03. The predicted octanol–water partition coefficient (Wildman–Crippen LogP) is 3.62. The van der Waals surface area contributed by atoms with Crippen molar-refractivity contribution in [3.63, 3.8) is 0 Å². The van der Waals surface area contributed by atoms with E-state index in [-0.39, 0.29) is 5.54 Å². The van der Waals surface area contributed by atoms with Gasteiger partial charge in [0.15, 0.2) is 0 Å². The van der Waals surface area contributed by atoms with E-state index in [1.165, 1.54) is 5.56 Å². The first-order chi connectivity index (χ1) is 6.53. The Hall–Kier alpha value is -0.530. The molecule has 0 aliphatic rings. The minimum Gasteiger partial charge on any atom is -0.308 e. The van der Waals surface area contributed by atoms with Crippen LogP contribution >= 0.6 is 11.6 Å². The highest BCUT2D eigenvalue weighted by Crippen LogP contribution is 2.12. The normalized spacial score (nSPS) is 11.7. The molecule has 0 bridgehead atoms. The van der Waals surface area contributed by atoms with Crippen LogP contribution in [0.4, 0.5) is 0 Å². The maximum absolute atomic E-state index is 5.81. The molecular formula is C12H18ClN. The Morgan fingerprint density at radius 2 is 1.79 bits per heavy atom. The summed E-state index contributed by atoms with van der Waals surface area (Å²) in [6, 6.07) is 7.97. The quantitative estimate of drug-likeness (QED) is 0.802. The fraction of sp³-hybridized carbons (Fsp3) is 0.500. The van der Waals surface area contributed by atoms with Crippen molar-refractivity contribution >= 4 is 11.6 Å². The summed E-state index contributed by atoms with van der Waals surface area (Å²) in [4.78, 5) is 0. The molecule has 1 aromatic rings. The van der Waals surface area contributed by atoms with Gasteiger partial charge in [-0.15, -0.1) is 0 Å². The van der Waals surface area contributed by atoms with Crippen molar-refractivity contribution in [3.05, 3.63) is 34.9 Å². The lowest BCUT2D eigenvalue weighted by atomic mass is 10.0. The Bertz CT molecular complexity index is 277. The van der Waals surface area contributed by atoms with E-state index in [4.69, 9.17) is 11.6 Å². The molecule has 0 aliphatic carbocycles. The van der Waals surface area contributed by atoms with Crippen LogP contribution in [0.3, 0.4) is 0 Å². The van der Waals surface area contributed by atoms with E-state index in [2.05, 4.69) is 38.2 Å². The zero-order valence-electron chi connectivity index (χ0n) is 9.10. The van der Waals surface area contributed by atoms with E-state index in [1.807, 2.05) is 12.1 Å². The van der Waals surface area contributed by atoms with Gasteiger partial charge < -0.3 is 5.32 Å². The summed E-state index contributed by atoms with van der Waals surface area (Å²) in [6.07, 6.45) is 1.13. The number of hydrogen-bond acceptors (Lipinski definition) is 1. The van der Waals surface area contributed by atoms with E-state index in [0.29, 0.717) is 0 Å². The SMILES string of the molecule is CCC(C)(C)NCc1ccc(Cl)cc1. The molecule has 0 saturated heterocycles. The van der Waals surface area contributed by atoms with Crippen LogP contribution in [0.15, 0.2) is 24.3 Å². The Morgan fingerprint density at radius 3 is 2.29 bits per heavy atom. The van der Waals surface area contributed by atoms with E-state index < -0.39 is 0 Å². The second-order valence-corrected chi connectivity index (χ2v) is 4.65. The van der Waals surface area contributed by atoms with Gasteiger partial charge in [0.2, 0.25) is 0 Å². The molecule has 0 spiro atoms. The van der Waals surface area contributed by atoms with Gasteiger partial charge in [-0.2, -0.15) is 0 Å². The summed E-state index contributed by atoms with van der Waals surface area (Å²) >= 11 is 5.81. The van der Waals surface area contributed by atoms with Crippen molar-refractivity contribution in [2.45, 2.75) is 39.3 Å². The van der Waals surface area contributed by atoms with Crippen LogP contribution in [0.25, 0.3) is 0 Å². The van der Waals surface area contributed by atoms with E-state index >= 15 is 0 Å². The largest absolute Gasteiger partial charge is 0.308 e. The Balaban J connectivity index is 2.50. The van der Waals surface area contributed by atoms with Crippen LogP contribution < -0.4 is 5.32 Å². The molecule has 0 fully saturated rings. The second kappa shape index (κ2) is 4.81. The van der Waals surface area contributed by atoms with E-state index in [0.717, 1.165) is 18.0 Å². The first-order valence-corrected chi connectivity index (χ1v) is 5.41. The van der Waals surface area contributed by atoms with Gasteiger partial charge in [-0.05, 0) is 38.0 Å². The smallest absolute Gasteiger partial charge is 0.0406 e. The van der Waals surface area contributed by atoms with Gasteiger partial charge >= 0.3 is 0 Å². The third-order valence-corrected chi connectivity index (χ3v) is 2.82. The zero-order chi connectivity index (χ0) is 10.6. The van der Waals surface area contributed by atoms with Gasteiger partial charge in [0.25, 0.3) is 0 Å². The minimum atomic E-state index is 0.208. The predicted molar refractivity (Wildman–Crippen MR) is 62.7 cm³/mol. The summed E-state index contributed by atoms with van der Waals surface area (Å²) in [6.45, 7) is 7.51. The highest BCUT2D eigenvalue weighted by Gasteiger charge is 2.12. The van der Waals surface area contributed by atoms with Crippen LogP contribution in [0.5, 0.6) is 0 Å². The molecule has 78 valence electrons. The fourth-order valence-corrected chi connectivity index (χ4v) is 1.19. The third kappa shape index (κ3) is 3.69. The lowest BCUT2D eigenvalue weighted by Gasteiger charge is -2.24. The maximum Gasteiger partial charge on any atom is 0.0406 e. The summed E-state index contributed by atoms with van der Waals surface area (Å²) in [5.41, 5.74) is 1.48. The molecule has 1 aromatic carbocycles. The first kappa shape index (κ1) is 11.5. The fourth-order valence-electron chi connectivity index (χ4n) is 1.07. The van der Waals surface area contributed by atoms with Gasteiger partial charge in [0.1, 0.15) is 0 Å². The van der Waals surface area contributed by atoms with Crippen LogP contribution in [0, 0.1) is 0 Å². The molecule has 1 N–H and O–H groups in total. The van der Waals surface area contributed by atoms with Crippen LogP contribution in [0.1, 0.15) is 32.8 Å². The maximum atomic E-state index is 5.81. The Morgan fingerprint density at radius 1 is 1.21 bits per heavy atom. The highest BCUT2D eigenvalue weighted by molar-refractivity contribution is 6.30. The molecule has 1 rings (SSSR count). The lowest BCUT2D eigenvalue weighted by molar-refractivity contribution is 0.374. The average molecular weight is 212 g/mol. The lowest BCUT2D eigenvalue weighted by Crippen LogP contribution is -2.37. The average Bonchev–Trinajstić information content (AvgIpc) is 2.17. The van der Waals surface area contributed by atoms with Gasteiger partial charge in [-0.25, -0.2) is 0 Å². The van der Waals surface area contributed by atoms with Gasteiger partial charge in [0, 0.05) is 17.1 Å². The van der Waals surface area contributed by atoms with Crippen molar-refractivity contribution in [2.24, 2.45) is 0 Å². The van der Waals surface area contributed by atoms with Crippen molar-refractivity contribution in [2.75, 3.05) is 0 Å². The number of hydrogen-bond donors (Lipinski definition) is 1. The zero-order valence-corrected chi connectivity index (χ0v) is 9.86. The van der Waals surface area contributed by atoms with Crippen molar-refractivity contribution < 1.29 is 0 Å². The number of halogens is 1. The van der Waals surface area contributed by atoms with Crippen molar-refractivity contribution in [1.29, 1.82) is 0 Å². The topological polar surface area (TPSA) is 12.0 Å². The van der Waals surface area contributed by atoms with Crippen LogP contribution in [-0.2, 0) is 6.54 Å². The van der Waals surface area contributed by atoms with Crippen LogP contribution in [0.2, 0.25) is 5.02 Å². The van der Waals surface area contributed by atoms with Crippen molar-refractivity contribution in [3.8, 4) is 0 Å². The number of rotatable bonds is 4. The second-order valence-electron chi connectivity index (χ2n) is 4.22. The molecular weight excluding hydrogens is 194 g/mol. The highest BCUT2D eigenvalue weighted by atomic mass is 35.5. The standard InChI is InChI=1S/C12H18ClN/c1-4-12(2,3)14-9-10-5-7-11(13)8-6-10/h5-8,14H,4,9H2,1-3H3. The molecule has 1 nitrogen and oxygen atoms in total. The van der Waals surface area contributed by atoms with Gasteiger partial charge in [0.05, 0.1) is 0 Å². The Kier molecular flexibility index (Phi) is 3.97. The molecule has 0 heterocycles. The van der Waals surface area contributed by atoms with E-state index in [1.54, 1.807) is 0 Å².